The number of hydrogen-bond acceptors (Lipinski definition) is 3. The molecule has 0 bridgehead atoms. The Morgan fingerprint density at radius 1 is 1.45 bits per heavy atom. The molecule has 1 aromatic heterocycles. The van der Waals surface area contributed by atoms with E-state index in [0.29, 0.717) is 10.6 Å². The van der Waals surface area contributed by atoms with Gasteiger partial charge in [-0.2, -0.15) is 10.2 Å². The molecule has 0 fully saturated rings. The van der Waals surface area contributed by atoms with Gasteiger partial charge in [-0.15, -0.1) is 0 Å². The van der Waals surface area contributed by atoms with E-state index in [9.17, 15) is 4.79 Å². The van der Waals surface area contributed by atoms with Crippen molar-refractivity contribution < 1.29 is 4.79 Å². The molecule has 20 heavy (non-hydrogen) atoms. The average Bonchev–Trinajstić information content (AvgIpc) is 2.80. The van der Waals surface area contributed by atoms with Gasteiger partial charge in [-0.25, -0.2) is 5.43 Å². The molecule has 0 aliphatic heterocycles. The van der Waals surface area contributed by atoms with Crippen LogP contribution in [0.25, 0.3) is 0 Å². The first-order valence-corrected chi connectivity index (χ1v) is 6.61. The highest BCUT2D eigenvalue weighted by molar-refractivity contribution is 6.30. The molecule has 2 rings (SSSR count). The summed E-state index contributed by atoms with van der Waals surface area (Å²) < 4.78 is 1.86. The Morgan fingerprint density at radius 2 is 2.15 bits per heavy atom. The van der Waals surface area contributed by atoms with Crippen LogP contribution in [0.1, 0.15) is 28.5 Å². The zero-order valence-electron chi connectivity index (χ0n) is 11.3. The first kappa shape index (κ1) is 14.3. The molecule has 104 valence electrons. The topological polar surface area (TPSA) is 59.3 Å². The molecule has 1 amide bonds. The molecule has 0 spiro atoms. The van der Waals surface area contributed by atoms with Gasteiger partial charge < -0.3 is 0 Å². The number of carbonyl (C=O) groups is 1. The highest BCUT2D eigenvalue weighted by atomic mass is 35.5. The third-order valence-corrected chi connectivity index (χ3v) is 3.17. The summed E-state index contributed by atoms with van der Waals surface area (Å²) in [7, 11) is 0. The van der Waals surface area contributed by atoms with E-state index in [1.54, 1.807) is 36.7 Å². The maximum atomic E-state index is 11.8. The van der Waals surface area contributed by atoms with Gasteiger partial charge in [0, 0.05) is 28.4 Å². The minimum atomic E-state index is -0.279. The molecule has 1 heterocycles. The van der Waals surface area contributed by atoms with Crippen molar-refractivity contribution in [3.05, 3.63) is 52.3 Å². The Hall–Kier alpha value is -2.14. The van der Waals surface area contributed by atoms with Gasteiger partial charge in [0.1, 0.15) is 0 Å². The van der Waals surface area contributed by atoms with Crippen LogP contribution in [-0.4, -0.2) is 21.9 Å². The number of benzene rings is 1. The van der Waals surface area contributed by atoms with Crippen molar-refractivity contribution in [2.75, 3.05) is 0 Å². The third kappa shape index (κ3) is 3.24. The van der Waals surface area contributed by atoms with Gasteiger partial charge in [0.2, 0.25) is 0 Å². The molecular formula is C14H15ClN4O. The van der Waals surface area contributed by atoms with E-state index < -0.39 is 0 Å². The number of hydrazone groups is 1. The lowest BCUT2D eigenvalue weighted by Crippen LogP contribution is -2.17. The van der Waals surface area contributed by atoms with Crippen LogP contribution in [0, 0.1) is 6.92 Å². The Morgan fingerprint density at radius 3 is 2.75 bits per heavy atom. The quantitative estimate of drug-likeness (QED) is 0.695. The SMILES string of the molecule is CCn1ncc(/C=N\NC(=O)c2ccc(Cl)cc2)c1C. The number of rotatable bonds is 4. The van der Waals surface area contributed by atoms with Crippen LogP contribution in [-0.2, 0) is 6.54 Å². The molecule has 6 heteroatoms. The van der Waals surface area contributed by atoms with Crippen molar-refractivity contribution in [3.8, 4) is 0 Å². The molecule has 0 aliphatic rings. The minimum absolute atomic E-state index is 0.279. The molecule has 0 aliphatic carbocycles. The number of nitrogens with one attached hydrogen (secondary N) is 1. The van der Waals surface area contributed by atoms with Gasteiger partial charge in [-0.05, 0) is 38.1 Å². The molecular weight excluding hydrogens is 276 g/mol. The van der Waals surface area contributed by atoms with Gasteiger partial charge in [0.05, 0.1) is 12.4 Å². The predicted octanol–water partition coefficient (Wildman–Crippen LogP) is 2.63. The number of aryl methyl sites for hydroxylation is 1. The summed E-state index contributed by atoms with van der Waals surface area (Å²) in [6.45, 7) is 4.78. The van der Waals surface area contributed by atoms with Crippen molar-refractivity contribution in [1.82, 2.24) is 15.2 Å². The summed E-state index contributed by atoms with van der Waals surface area (Å²) in [5.41, 5.74) is 4.87. The highest BCUT2D eigenvalue weighted by Crippen LogP contribution is 2.09. The average molecular weight is 291 g/mol. The molecule has 1 N–H and O–H groups in total. The number of amides is 1. The summed E-state index contributed by atoms with van der Waals surface area (Å²) in [6.07, 6.45) is 3.30. The van der Waals surface area contributed by atoms with Crippen LogP contribution in [0.3, 0.4) is 0 Å². The smallest absolute Gasteiger partial charge is 0.269 e. The second kappa shape index (κ2) is 6.34. The summed E-state index contributed by atoms with van der Waals surface area (Å²) in [5.74, 6) is -0.279. The number of nitrogens with zero attached hydrogens (tertiary/aromatic N) is 3. The van der Waals surface area contributed by atoms with Crippen molar-refractivity contribution in [3.63, 3.8) is 0 Å². The fraction of sp³-hybridized carbons (Fsp3) is 0.214. The fourth-order valence-corrected chi connectivity index (χ4v) is 1.86. The normalized spacial score (nSPS) is 10.9. The molecule has 0 radical (unpaired) electrons. The van der Waals surface area contributed by atoms with Crippen molar-refractivity contribution in [2.24, 2.45) is 5.10 Å². The van der Waals surface area contributed by atoms with E-state index in [1.807, 2.05) is 18.5 Å². The van der Waals surface area contributed by atoms with E-state index in [-0.39, 0.29) is 5.91 Å². The van der Waals surface area contributed by atoms with Crippen LogP contribution in [0.2, 0.25) is 5.02 Å². The van der Waals surface area contributed by atoms with E-state index in [0.717, 1.165) is 17.8 Å². The van der Waals surface area contributed by atoms with E-state index in [1.165, 1.54) is 0 Å². The number of hydrogen-bond donors (Lipinski definition) is 1. The second-order valence-corrected chi connectivity index (χ2v) is 4.64. The molecule has 0 unspecified atom stereocenters. The number of carbonyl (C=O) groups excluding carboxylic acids is 1. The van der Waals surface area contributed by atoms with E-state index >= 15 is 0 Å². The molecule has 0 atom stereocenters. The molecule has 0 saturated heterocycles. The van der Waals surface area contributed by atoms with E-state index in [4.69, 9.17) is 11.6 Å². The highest BCUT2D eigenvalue weighted by Gasteiger charge is 2.04. The Kier molecular flexibility index (Phi) is 4.53. The lowest BCUT2D eigenvalue weighted by Gasteiger charge is -2.00. The van der Waals surface area contributed by atoms with Crippen LogP contribution in [0.5, 0.6) is 0 Å². The number of aromatic nitrogens is 2. The lowest BCUT2D eigenvalue weighted by molar-refractivity contribution is 0.0955. The van der Waals surface area contributed by atoms with Crippen molar-refractivity contribution in [1.29, 1.82) is 0 Å². The van der Waals surface area contributed by atoms with Crippen molar-refractivity contribution in [2.45, 2.75) is 20.4 Å². The van der Waals surface area contributed by atoms with Crippen LogP contribution < -0.4 is 5.43 Å². The summed E-state index contributed by atoms with van der Waals surface area (Å²) in [6, 6.07) is 6.62. The Balaban J connectivity index is 2.00. The van der Waals surface area contributed by atoms with Gasteiger partial charge >= 0.3 is 0 Å². The zero-order chi connectivity index (χ0) is 14.5. The van der Waals surface area contributed by atoms with Crippen LogP contribution in [0.15, 0.2) is 35.6 Å². The van der Waals surface area contributed by atoms with Crippen molar-refractivity contribution >= 4 is 23.7 Å². The van der Waals surface area contributed by atoms with Gasteiger partial charge in [0.25, 0.3) is 5.91 Å². The summed E-state index contributed by atoms with van der Waals surface area (Å²) in [4.78, 5) is 11.8. The van der Waals surface area contributed by atoms with Gasteiger partial charge in [0.15, 0.2) is 0 Å². The molecule has 5 nitrogen and oxygen atoms in total. The summed E-state index contributed by atoms with van der Waals surface area (Å²) >= 11 is 5.76. The monoisotopic (exact) mass is 290 g/mol. The Bertz CT molecular complexity index is 631. The first-order chi connectivity index (χ1) is 9.61. The Labute approximate surface area is 122 Å². The maximum Gasteiger partial charge on any atom is 0.271 e. The maximum absolute atomic E-state index is 11.8. The fourth-order valence-electron chi connectivity index (χ4n) is 1.73. The minimum Gasteiger partial charge on any atom is -0.269 e. The number of halogens is 1. The van der Waals surface area contributed by atoms with Gasteiger partial charge in [-0.3, -0.25) is 9.48 Å². The molecule has 2 aromatic rings. The molecule has 0 saturated carbocycles. The third-order valence-electron chi connectivity index (χ3n) is 2.92. The summed E-state index contributed by atoms with van der Waals surface area (Å²) in [5, 5.41) is 8.73. The van der Waals surface area contributed by atoms with E-state index in [2.05, 4.69) is 15.6 Å². The standard InChI is InChI=1S/C14H15ClN4O/c1-3-19-10(2)12(9-17-19)8-16-18-14(20)11-4-6-13(15)7-5-11/h4-9H,3H2,1-2H3,(H,18,20)/b16-8-. The molecule has 1 aromatic carbocycles. The van der Waals surface area contributed by atoms with Crippen LogP contribution >= 0.6 is 11.6 Å². The first-order valence-electron chi connectivity index (χ1n) is 6.23. The lowest BCUT2D eigenvalue weighted by atomic mass is 10.2. The second-order valence-electron chi connectivity index (χ2n) is 4.21. The van der Waals surface area contributed by atoms with Gasteiger partial charge in [-0.1, -0.05) is 11.6 Å². The predicted molar refractivity (Wildman–Crippen MR) is 79.2 cm³/mol. The zero-order valence-corrected chi connectivity index (χ0v) is 12.1. The van der Waals surface area contributed by atoms with Crippen LogP contribution in [0.4, 0.5) is 0 Å². The largest absolute Gasteiger partial charge is 0.271 e.